The normalized spacial score (nSPS) is 17.2. The molecule has 3 rings (SSSR count). The quantitative estimate of drug-likeness (QED) is 0.506. The van der Waals surface area contributed by atoms with E-state index in [0.29, 0.717) is 13.0 Å². The summed E-state index contributed by atoms with van der Waals surface area (Å²) < 4.78 is 10.9. The van der Waals surface area contributed by atoms with Crippen LogP contribution in [0.3, 0.4) is 0 Å². The number of methoxy groups -OCH3 is 1. The van der Waals surface area contributed by atoms with Crippen LogP contribution in [0.15, 0.2) is 36.4 Å². The van der Waals surface area contributed by atoms with E-state index in [-0.39, 0.29) is 0 Å². The number of hydrogen-bond donors (Lipinski definition) is 0. The van der Waals surface area contributed by atoms with Gasteiger partial charge < -0.3 is 9.47 Å². The fourth-order valence-electron chi connectivity index (χ4n) is 4.68. The average molecular weight is 420 g/mol. The minimum atomic E-state index is 0.393. The minimum Gasteiger partial charge on any atom is -0.497 e. The van der Waals surface area contributed by atoms with E-state index in [1.807, 2.05) is 24.3 Å². The molecule has 1 aromatic carbocycles. The van der Waals surface area contributed by atoms with Crippen molar-refractivity contribution in [1.82, 2.24) is 4.90 Å². The molecule has 2 aliphatic carbocycles. The summed E-state index contributed by atoms with van der Waals surface area (Å²) in [6, 6.07) is 9.01. The lowest BCUT2D eigenvalue weighted by molar-refractivity contribution is 0.0961. The van der Waals surface area contributed by atoms with Gasteiger partial charge in [0.1, 0.15) is 18.1 Å². The molecular formula is C28H37NO2. The number of rotatable bonds is 7. The van der Waals surface area contributed by atoms with Gasteiger partial charge in [-0.05, 0) is 49.9 Å². The van der Waals surface area contributed by atoms with Gasteiger partial charge in [-0.3, -0.25) is 4.90 Å². The first-order valence-electron chi connectivity index (χ1n) is 11.9. The Morgan fingerprint density at radius 2 is 1.45 bits per heavy atom. The highest BCUT2D eigenvalue weighted by atomic mass is 16.5. The molecule has 0 unspecified atom stereocenters. The molecule has 0 aromatic heterocycles. The van der Waals surface area contributed by atoms with Gasteiger partial charge >= 0.3 is 0 Å². The first-order valence-corrected chi connectivity index (χ1v) is 11.9. The molecule has 0 aliphatic heterocycles. The smallest absolute Gasteiger partial charge is 0.120 e. The molecule has 31 heavy (non-hydrogen) atoms. The van der Waals surface area contributed by atoms with Crippen LogP contribution in [-0.2, 0) is 0 Å². The third-order valence-electron chi connectivity index (χ3n) is 6.39. The maximum Gasteiger partial charge on any atom is 0.120 e. The van der Waals surface area contributed by atoms with Crippen molar-refractivity contribution in [1.29, 1.82) is 0 Å². The van der Waals surface area contributed by atoms with Gasteiger partial charge in [0.2, 0.25) is 0 Å². The largest absolute Gasteiger partial charge is 0.497 e. The lowest BCUT2D eigenvalue weighted by atomic mass is 9.88. The molecule has 3 heteroatoms. The summed E-state index contributed by atoms with van der Waals surface area (Å²) in [7, 11) is 1.65. The highest BCUT2D eigenvalue weighted by molar-refractivity contribution is 5.33. The first kappa shape index (κ1) is 23.3. The van der Waals surface area contributed by atoms with Crippen molar-refractivity contribution in [2.24, 2.45) is 0 Å². The molecule has 166 valence electrons. The highest BCUT2D eigenvalue weighted by Crippen LogP contribution is 2.29. The fraction of sp³-hybridized carbons (Fsp3) is 0.571. The number of ether oxygens (including phenoxy) is 2. The lowest BCUT2D eigenvalue weighted by Crippen LogP contribution is -2.45. The van der Waals surface area contributed by atoms with Crippen molar-refractivity contribution in [3.05, 3.63) is 36.4 Å². The molecule has 0 radical (unpaired) electrons. The monoisotopic (exact) mass is 419 g/mol. The van der Waals surface area contributed by atoms with E-state index in [1.54, 1.807) is 7.11 Å². The summed E-state index contributed by atoms with van der Waals surface area (Å²) in [6.45, 7) is 5.29. The topological polar surface area (TPSA) is 21.7 Å². The summed E-state index contributed by atoms with van der Waals surface area (Å²) in [6.07, 6.45) is 14.3. The van der Waals surface area contributed by atoms with E-state index in [0.717, 1.165) is 35.7 Å². The maximum atomic E-state index is 5.71. The van der Waals surface area contributed by atoms with Gasteiger partial charge in [-0.15, -0.1) is 0 Å². The molecule has 0 bridgehead atoms. The minimum absolute atomic E-state index is 0.393. The molecule has 2 saturated carbocycles. The van der Waals surface area contributed by atoms with Crippen molar-refractivity contribution in [3.63, 3.8) is 0 Å². The summed E-state index contributed by atoms with van der Waals surface area (Å²) in [5.41, 5.74) is 0.767. The van der Waals surface area contributed by atoms with Crippen LogP contribution >= 0.6 is 0 Å². The third kappa shape index (κ3) is 8.01. The Balaban J connectivity index is 1.43. The standard InChI is InChI=1S/C28H37NO2/c1-24(23-31-28-20-18-27(30-2)19-21-28)13-7-3-4-12-22-29(25-14-8-5-9-15-25)26-16-10-6-11-17-26/h18-21,25-26H,1,3,5-6,8-11,14-17,22-23H2,2H3. The molecule has 0 saturated heterocycles. The van der Waals surface area contributed by atoms with E-state index >= 15 is 0 Å². The van der Waals surface area contributed by atoms with E-state index in [9.17, 15) is 0 Å². The Bertz CT molecular complexity index is 775. The van der Waals surface area contributed by atoms with Crippen LogP contribution in [0.25, 0.3) is 0 Å². The SMILES string of the molecule is C=C(C#CCC#CCN(C1CCCCC1)C1CCCCC1)COc1ccc(OC)cc1. The second-order valence-corrected chi connectivity index (χ2v) is 8.66. The van der Waals surface area contributed by atoms with E-state index in [4.69, 9.17) is 9.47 Å². The Hall–Kier alpha value is -2.36. The van der Waals surface area contributed by atoms with Crippen molar-refractivity contribution < 1.29 is 9.47 Å². The third-order valence-corrected chi connectivity index (χ3v) is 6.39. The van der Waals surface area contributed by atoms with Gasteiger partial charge in [0.05, 0.1) is 20.1 Å². The molecule has 2 fully saturated rings. The van der Waals surface area contributed by atoms with Crippen LogP contribution in [0.1, 0.15) is 70.6 Å². The van der Waals surface area contributed by atoms with E-state index < -0.39 is 0 Å². The first-order chi connectivity index (χ1) is 15.3. The zero-order valence-corrected chi connectivity index (χ0v) is 19.1. The summed E-state index contributed by atoms with van der Waals surface area (Å²) in [4.78, 5) is 2.74. The Morgan fingerprint density at radius 3 is 2.03 bits per heavy atom. The van der Waals surface area contributed by atoms with E-state index in [2.05, 4.69) is 35.2 Å². The van der Waals surface area contributed by atoms with Crippen LogP contribution in [0.5, 0.6) is 11.5 Å². The molecule has 0 N–H and O–H groups in total. The van der Waals surface area contributed by atoms with Crippen molar-refractivity contribution in [3.8, 4) is 35.2 Å². The number of hydrogen-bond acceptors (Lipinski definition) is 3. The van der Waals surface area contributed by atoms with Crippen molar-refractivity contribution in [2.75, 3.05) is 20.3 Å². The molecule has 3 nitrogen and oxygen atoms in total. The van der Waals surface area contributed by atoms with Crippen LogP contribution in [0, 0.1) is 23.7 Å². The molecule has 1 aromatic rings. The fourth-order valence-corrected chi connectivity index (χ4v) is 4.68. The van der Waals surface area contributed by atoms with Crippen LogP contribution in [-0.4, -0.2) is 37.2 Å². The molecule has 0 atom stereocenters. The van der Waals surface area contributed by atoms with Crippen molar-refractivity contribution in [2.45, 2.75) is 82.7 Å². The van der Waals surface area contributed by atoms with E-state index in [1.165, 1.54) is 64.2 Å². The van der Waals surface area contributed by atoms with Crippen molar-refractivity contribution >= 4 is 0 Å². The predicted molar refractivity (Wildman–Crippen MR) is 128 cm³/mol. The maximum absolute atomic E-state index is 5.71. The average Bonchev–Trinajstić information content (AvgIpc) is 2.83. The van der Waals surface area contributed by atoms with Gasteiger partial charge in [0.25, 0.3) is 0 Å². The molecular weight excluding hydrogens is 382 g/mol. The second kappa shape index (κ2) is 13.1. The van der Waals surface area contributed by atoms with Crippen LogP contribution < -0.4 is 9.47 Å². The predicted octanol–water partition coefficient (Wildman–Crippen LogP) is 5.99. The lowest BCUT2D eigenvalue weighted by Gasteiger charge is -2.40. The number of nitrogens with zero attached hydrogens (tertiary/aromatic N) is 1. The van der Waals surface area contributed by atoms with Gasteiger partial charge in [-0.1, -0.05) is 68.8 Å². The zero-order valence-electron chi connectivity index (χ0n) is 19.1. The van der Waals surface area contributed by atoms with Crippen LogP contribution in [0.2, 0.25) is 0 Å². The molecule has 0 spiro atoms. The van der Waals surface area contributed by atoms with Crippen LogP contribution in [0.4, 0.5) is 0 Å². The highest BCUT2D eigenvalue weighted by Gasteiger charge is 2.27. The van der Waals surface area contributed by atoms with Gasteiger partial charge in [0, 0.05) is 17.7 Å². The van der Waals surface area contributed by atoms with Gasteiger partial charge in [0.15, 0.2) is 0 Å². The summed E-state index contributed by atoms with van der Waals surface area (Å²) in [5.74, 6) is 14.5. The Morgan fingerprint density at radius 1 is 0.871 bits per heavy atom. The Labute approximate surface area is 189 Å². The summed E-state index contributed by atoms with van der Waals surface area (Å²) in [5, 5.41) is 0. The molecule has 2 aliphatic rings. The Kier molecular flexibility index (Phi) is 9.88. The number of benzene rings is 1. The molecule has 0 amide bonds. The van der Waals surface area contributed by atoms with Gasteiger partial charge in [-0.2, -0.15) is 0 Å². The second-order valence-electron chi connectivity index (χ2n) is 8.66. The van der Waals surface area contributed by atoms with Gasteiger partial charge in [-0.25, -0.2) is 0 Å². The summed E-state index contributed by atoms with van der Waals surface area (Å²) >= 11 is 0. The zero-order chi connectivity index (χ0) is 21.7. The molecule has 0 heterocycles.